The molecule has 3 amide bonds. The Bertz CT molecular complexity index is 893. The average Bonchev–Trinajstić information content (AvgIpc) is 2.68. The zero-order chi connectivity index (χ0) is 21.5. The van der Waals surface area contributed by atoms with Crippen LogP contribution in [0.2, 0.25) is 0 Å². The van der Waals surface area contributed by atoms with Gasteiger partial charge in [0.2, 0.25) is 17.7 Å². The molecule has 0 spiro atoms. The lowest BCUT2D eigenvalue weighted by molar-refractivity contribution is -0.142. The van der Waals surface area contributed by atoms with E-state index in [4.69, 9.17) is 0 Å². The summed E-state index contributed by atoms with van der Waals surface area (Å²) < 4.78 is 13.2. The van der Waals surface area contributed by atoms with Gasteiger partial charge in [-0.25, -0.2) is 4.39 Å². The first-order valence-corrected chi connectivity index (χ1v) is 10.1. The van der Waals surface area contributed by atoms with Crippen LogP contribution in [0.5, 0.6) is 0 Å². The molecule has 2 N–H and O–H groups in total. The molecule has 0 saturated heterocycles. The van der Waals surface area contributed by atoms with E-state index in [1.54, 1.807) is 24.3 Å². The Morgan fingerprint density at radius 3 is 2.27 bits per heavy atom. The number of anilines is 1. The number of nitrogens with zero attached hydrogens (tertiary/aromatic N) is 1. The molecule has 158 valence electrons. The third kappa shape index (κ3) is 6.14. The van der Waals surface area contributed by atoms with Crippen molar-refractivity contribution in [1.29, 1.82) is 0 Å². The molecule has 2 aromatic rings. The molecule has 0 atom stereocenters. The van der Waals surface area contributed by atoms with Crippen LogP contribution in [0.3, 0.4) is 0 Å². The first-order valence-electron chi connectivity index (χ1n) is 10.1. The van der Waals surface area contributed by atoms with Gasteiger partial charge >= 0.3 is 0 Å². The van der Waals surface area contributed by atoms with Crippen LogP contribution >= 0.6 is 0 Å². The van der Waals surface area contributed by atoms with Crippen molar-refractivity contribution in [2.45, 2.75) is 32.7 Å². The van der Waals surface area contributed by atoms with Crippen molar-refractivity contribution in [3.63, 3.8) is 0 Å². The van der Waals surface area contributed by atoms with Gasteiger partial charge in [0.25, 0.3) is 0 Å². The molecule has 0 heterocycles. The molecular formula is C23H26FN3O3. The van der Waals surface area contributed by atoms with Crippen LogP contribution in [0, 0.1) is 18.7 Å². The number of benzene rings is 2. The van der Waals surface area contributed by atoms with Crippen molar-refractivity contribution < 1.29 is 18.8 Å². The van der Waals surface area contributed by atoms with E-state index in [0.29, 0.717) is 5.69 Å². The number of hydrogen-bond donors (Lipinski definition) is 2. The number of rotatable bonds is 8. The van der Waals surface area contributed by atoms with Crippen LogP contribution in [-0.4, -0.2) is 35.7 Å². The fourth-order valence-corrected chi connectivity index (χ4v) is 3.19. The minimum Gasteiger partial charge on any atom is -0.345 e. The predicted octanol–water partition coefficient (Wildman–Crippen LogP) is 3.02. The number of hydrogen-bond acceptors (Lipinski definition) is 3. The summed E-state index contributed by atoms with van der Waals surface area (Å²) in [5, 5.41) is 5.28. The number of aryl methyl sites for hydroxylation is 1. The van der Waals surface area contributed by atoms with Crippen LogP contribution in [0.4, 0.5) is 10.1 Å². The first kappa shape index (κ1) is 21.5. The number of carbonyl (C=O) groups is 3. The van der Waals surface area contributed by atoms with Gasteiger partial charge in [0, 0.05) is 18.2 Å². The Morgan fingerprint density at radius 1 is 1.00 bits per heavy atom. The molecule has 1 fully saturated rings. The second-order valence-corrected chi connectivity index (χ2v) is 7.64. The van der Waals surface area contributed by atoms with Gasteiger partial charge in [-0.1, -0.05) is 36.2 Å². The maximum absolute atomic E-state index is 13.2. The summed E-state index contributed by atoms with van der Waals surface area (Å²) in [4.78, 5) is 38.7. The molecule has 0 aromatic heterocycles. The second kappa shape index (κ2) is 10.0. The number of carbonyl (C=O) groups excluding carboxylic acids is 3. The van der Waals surface area contributed by atoms with Crippen LogP contribution in [0.25, 0.3) is 0 Å². The summed E-state index contributed by atoms with van der Waals surface area (Å²) in [6, 6.07) is 13.2. The normalized spacial score (nSPS) is 13.3. The largest absolute Gasteiger partial charge is 0.345 e. The highest BCUT2D eigenvalue weighted by atomic mass is 19.1. The minimum atomic E-state index is -0.413. The van der Waals surface area contributed by atoms with E-state index in [-0.39, 0.29) is 43.2 Å². The second-order valence-electron chi connectivity index (χ2n) is 7.64. The van der Waals surface area contributed by atoms with Gasteiger partial charge < -0.3 is 15.5 Å². The molecule has 1 saturated carbocycles. The molecule has 0 bridgehead atoms. The zero-order valence-corrected chi connectivity index (χ0v) is 17.0. The standard InChI is InChI=1S/C23H26FN3O3/c1-16-5-11-20(12-6-16)26-21(28)13-25-22(29)15-27(23(30)18-3-2-4-18)14-17-7-9-19(24)10-8-17/h5-12,18H,2-4,13-15H2,1H3,(H,25,29)(H,26,28). The fraction of sp³-hybridized carbons (Fsp3) is 0.348. The molecule has 7 heteroatoms. The van der Waals surface area contributed by atoms with E-state index in [1.165, 1.54) is 17.0 Å². The lowest BCUT2D eigenvalue weighted by Crippen LogP contribution is -2.45. The highest BCUT2D eigenvalue weighted by Gasteiger charge is 2.30. The van der Waals surface area contributed by atoms with Gasteiger partial charge in [0.1, 0.15) is 5.82 Å². The van der Waals surface area contributed by atoms with Crippen molar-refractivity contribution in [2.24, 2.45) is 5.92 Å². The fourth-order valence-electron chi connectivity index (χ4n) is 3.19. The average molecular weight is 411 g/mol. The van der Waals surface area contributed by atoms with Gasteiger partial charge in [-0.15, -0.1) is 0 Å². The first-order chi connectivity index (χ1) is 14.4. The zero-order valence-electron chi connectivity index (χ0n) is 17.0. The molecule has 1 aliphatic carbocycles. The topological polar surface area (TPSA) is 78.5 Å². The van der Waals surface area contributed by atoms with Crippen molar-refractivity contribution in [3.05, 3.63) is 65.5 Å². The minimum absolute atomic E-state index is 0.0666. The summed E-state index contributed by atoms with van der Waals surface area (Å²) in [7, 11) is 0. The maximum Gasteiger partial charge on any atom is 0.243 e. The highest BCUT2D eigenvalue weighted by Crippen LogP contribution is 2.28. The molecular weight excluding hydrogens is 385 g/mol. The molecule has 0 aliphatic heterocycles. The molecule has 6 nitrogen and oxygen atoms in total. The van der Waals surface area contributed by atoms with Crippen LogP contribution < -0.4 is 10.6 Å². The van der Waals surface area contributed by atoms with Gasteiger partial charge in [0.15, 0.2) is 0 Å². The van der Waals surface area contributed by atoms with E-state index < -0.39 is 5.91 Å². The van der Waals surface area contributed by atoms with E-state index in [9.17, 15) is 18.8 Å². The molecule has 2 aromatic carbocycles. The lowest BCUT2D eigenvalue weighted by atomic mass is 9.84. The highest BCUT2D eigenvalue weighted by molar-refractivity contribution is 5.95. The molecule has 3 rings (SSSR count). The van der Waals surface area contributed by atoms with Crippen LogP contribution in [0.1, 0.15) is 30.4 Å². The van der Waals surface area contributed by atoms with E-state index in [2.05, 4.69) is 10.6 Å². The van der Waals surface area contributed by atoms with Crippen molar-refractivity contribution >= 4 is 23.4 Å². The Balaban J connectivity index is 1.54. The third-order valence-corrected chi connectivity index (χ3v) is 5.17. The summed E-state index contributed by atoms with van der Waals surface area (Å²) in [5.74, 6) is -1.26. The summed E-state index contributed by atoms with van der Waals surface area (Å²) in [5.41, 5.74) is 2.48. The molecule has 0 radical (unpaired) electrons. The van der Waals surface area contributed by atoms with Crippen LogP contribution in [0.15, 0.2) is 48.5 Å². The number of halogens is 1. The molecule has 1 aliphatic rings. The van der Waals surface area contributed by atoms with Crippen LogP contribution in [-0.2, 0) is 20.9 Å². The maximum atomic E-state index is 13.2. The number of nitrogens with one attached hydrogen (secondary N) is 2. The molecule has 0 unspecified atom stereocenters. The summed E-state index contributed by atoms with van der Waals surface area (Å²) in [6.07, 6.45) is 2.64. The van der Waals surface area contributed by atoms with Crippen molar-refractivity contribution in [3.8, 4) is 0 Å². The summed E-state index contributed by atoms with van der Waals surface area (Å²) in [6.45, 7) is 1.84. The van der Waals surface area contributed by atoms with E-state index >= 15 is 0 Å². The predicted molar refractivity (Wildman–Crippen MR) is 112 cm³/mol. The van der Waals surface area contributed by atoms with Crippen molar-refractivity contribution in [2.75, 3.05) is 18.4 Å². The lowest BCUT2D eigenvalue weighted by Gasteiger charge is -2.31. The Hall–Kier alpha value is -3.22. The Morgan fingerprint density at radius 2 is 1.67 bits per heavy atom. The summed E-state index contributed by atoms with van der Waals surface area (Å²) >= 11 is 0. The third-order valence-electron chi connectivity index (χ3n) is 5.17. The Labute approximate surface area is 175 Å². The van der Waals surface area contributed by atoms with Gasteiger partial charge in [0.05, 0.1) is 13.1 Å². The Kier molecular flexibility index (Phi) is 7.17. The quantitative estimate of drug-likeness (QED) is 0.701. The van der Waals surface area contributed by atoms with Crippen molar-refractivity contribution in [1.82, 2.24) is 10.2 Å². The van der Waals surface area contributed by atoms with Gasteiger partial charge in [-0.2, -0.15) is 0 Å². The molecule has 30 heavy (non-hydrogen) atoms. The SMILES string of the molecule is Cc1ccc(NC(=O)CNC(=O)CN(Cc2ccc(F)cc2)C(=O)C2CCC2)cc1. The smallest absolute Gasteiger partial charge is 0.243 e. The van der Waals surface area contributed by atoms with E-state index in [1.807, 2.05) is 19.1 Å². The van der Waals surface area contributed by atoms with E-state index in [0.717, 1.165) is 30.4 Å². The number of amides is 3. The van der Waals surface area contributed by atoms with Gasteiger partial charge in [-0.05, 0) is 49.6 Å². The monoisotopic (exact) mass is 411 g/mol. The van der Waals surface area contributed by atoms with Gasteiger partial charge in [-0.3, -0.25) is 14.4 Å².